The van der Waals surface area contributed by atoms with Crippen LogP contribution in [0.15, 0.2) is 308 Å². The van der Waals surface area contributed by atoms with Crippen LogP contribution in [0.5, 0.6) is 0 Å². The van der Waals surface area contributed by atoms with Crippen molar-refractivity contribution in [1.82, 2.24) is 0 Å². The molecule has 17 rings (SSSR count). The van der Waals surface area contributed by atoms with Crippen LogP contribution < -0.4 is 9.80 Å². The van der Waals surface area contributed by atoms with Crippen molar-refractivity contribution in [3.8, 4) is 55.6 Å². The van der Waals surface area contributed by atoms with Gasteiger partial charge in [0.25, 0.3) is 0 Å². The van der Waals surface area contributed by atoms with Crippen molar-refractivity contribution in [2.24, 2.45) is 23.2 Å². The molecule has 4 aliphatic rings. The molecule has 1 aromatic heterocycles. The van der Waals surface area contributed by atoms with E-state index in [0.29, 0.717) is 11.8 Å². The zero-order chi connectivity index (χ0) is 61.3. The third-order valence-corrected chi connectivity index (χ3v) is 22.0. The molecule has 13 aromatic rings. The predicted molar refractivity (Wildman–Crippen MR) is 389 cm³/mol. The van der Waals surface area contributed by atoms with Crippen LogP contribution in [0.1, 0.15) is 59.1 Å². The van der Waals surface area contributed by atoms with Gasteiger partial charge in [0.15, 0.2) is 0 Å². The van der Waals surface area contributed by atoms with Crippen molar-refractivity contribution in [3.63, 3.8) is 0 Å². The highest BCUT2D eigenvalue weighted by atomic mass is 32.1. The minimum Gasteiger partial charge on any atom is -0.314 e. The fourth-order valence-corrected chi connectivity index (χ4v) is 17.7. The number of rotatable bonds is 10. The van der Waals surface area contributed by atoms with E-state index >= 15 is 0 Å². The van der Waals surface area contributed by atoms with Crippen molar-refractivity contribution >= 4 is 81.5 Å². The Bertz CT molecular complexity index is 5120. The van der Waals surface area contributed by atoms with E-state index < -0.39 is 0 Å². The van der Waals surface area contributed by atoms with E-state index in [1.165, 1.54) is 125 Å². The summed E-state index contributed by atoms with van der Waals surface area (Å²) in [7, 11) is 0. The molecule has 0 bridgehead atoms. The summed E-state index contributed by atoms with van der Waals surface area (Å²) in [5, 5.41) is 7.65. The molecule has 0 fully saturated rings. The van der Waals surface area contributed by atoms with Gasteiger partial charge in [-0.1, -0.05) is 253 Å². The Balaban J connectivity index is 0.867. The topological polar surface area (TPSA) is 6.48 Å². The van der Waals surface area contributed by atoms with Gasteiger partial charge in [0.05, 0.1) is 0 Å². The Hall–Kier alpha value is -10.1. The summed E-state index contributed by atoms with van der Waals surface area (Å²) in [6.07, 6.45) is 10.9. The SMILES string of the molecule is CC1C=CC2=C(C1)C(C)(C)C1C2=CC=C(N(c2cc(-c3ccccc3)cc(-c3ccccc3)c2)c2ccc3c(c2)c2ccccc2c2c4ccc(N(c5cc(-c6ccccc6)cc(-c6ccccc6)c5)c5ccc6c(c5)C(C)(C)c5ccccc5-6)cc4sc32)C1C. The van der Waals surface area contributed by atoms with E-state index in [1.54, 1.807) is 5.57 Å². The number of hydrogen-bond acceptors (Lipinski definition) is 3. The summed E-state index contributed by atoms with van der Waals surface area (Å²) in [6, 6.07) is 97.9. The van der Waals surface area contributed by atoms with Crippen LogP contribution in [0.4, 0.5) is 28.4 Å². The third kappa shape index (κ3) is 8.95. The van der Waals surface area contributed by atoms with Gasteiger partial charge in [0, 0.05) is 76.9 Å². The molecule has 4 aliphatic carbocycles. The standard InChI is InChI=1S/C88H70N2S/c1-55-35-39-73-75-43-44-82(56(2)85(75)88(5,6)80(73)45-55)90(69-50-63(59-27-15-9-16-28-59)47-64(51-69)60-29-17-10-18-30-60)65-37-41-76-78(52-65)70-31-19-20-33-74(70)84-77-42-38-67(54-83(77)91-86(76)84)89(66-36-40-72-71-32-21-22-34-79(71)87(3,4)81(72)53-66)68-48-61(57-23-11-7-12-24-57)46-62(49-68)58-25-13-8-14-26-58/h7-44,46-56,85H,45H2,1-6H3. The van der Waals surface area contributed by atoms with Gasteiger partial charge in [-0.3, -0.25) is 0 Å². The lowest BCUT2D eigenvalue weighted by Crippen LogP contribution is -2.35. The number of anilines is 5. The van der Waals surface area contributed by atoms with E-state index in [4.69, 9.17) is 0 Å². The summed E-state index contributed by atoms with van der Waals surface area (Å²) in [5.74, 6) is 1.07. The van der Waals surface area contributed by atoms with Gasteiger partial charge in [-0.15, -0.1) is 11.3 Å². The highest BCUT2D eigenvalue weighted by Gasteiger charge is 2.49. The highest BCUT2D eigenvalue weighted by Crippen LogP contribution is 2.61. The van der Waals surface area contributed by atoms with Crippen LogP contribution in [0.25, 0.3) is 97.4 Å². The van der Waals surface area contributed by atoms with Gasteiger partial charge in [-0.2, -0.15) is 0 Å². The first-order valence-electron chi connectivity index (χ1n) is 32.5. The van der Waals surface area contributed by atoms with Crippen LogP contribution in [0.2, 0.25) is 0 Å². The molecule has 0 amide bonds. The lowest BCUT2D eigenvalue weighted by molar-refractivity contribution is 0.255. The Morgan fingerprint density at radius 1 is 0.396 bits per heavy atom. The summed E-state index contributed by atoms with van der Waals surface area (Å²) >= 11 is 1.93. The molecule has 438 valence electrons. The van der Waals surface area contributed by atoms with Crippen molar-refractivity contribution in [2.75, 3.05) is 9.80 Å². The molecule has 1 heterocycles. The summed E-state index contributed by atoms with van der Waals surface area (Å²) < 4.78 is 2.56. The van der Waals surface area contributed by atoms with Crippen LogP contribution >= 0.6 is 11.3 Å². The minimum absolute atomic E-state index is 0.00291. The van der Waals surface area contributed by atoms with E-state index in [9.17, 15) is 0 Å². The molecular weight excluding hydrogens is 1120 g/mol. The van der Waals surface area contributed by atoms with E-state index in [-0.39, 0.29) is 16.7 Å². The van der Waals surface area contributed by atoms with Gasteiger partial charge < -0.3 is 9.80 Å². The Labute approximate surface area is 538 Å². The van der Waals surface area contributed by atoms with Gasteiger partial charge in [-0.05, 0) is 191 Å². The average molecular weight is 1190 g/mol. The molecule has 3 atom stereocenters. The normalized spacial score (nSPS) is 17.6. The van der Waals surface area contributed by atoms with Crippen LogP contribution in [0, 0.1) is 23.2 Å². The highest BCUT2D eigenvalue weighted by molar-refractivity contribution is 7.27. The van der Waals surface area contributed by atoms with Crippen molar-refractivity contribution < 1.29 is 0 Å². The fourth-order valence-electron chi connectivity index (χ4n) is 16.5. The number of thiophene rings is 1. The monoisotopic (exact) mass is 1190 g/mol. The average Bonchev–Trinajstić information content (AvgIpc) is 1.63. The largest absolute Gasteiger partial charge is 0.314 e. The molecule has 0 saturated heterocycles. The van der Waals surface area contributed by atoms with Crippen molar-refractivity contribution in [2.45, 2.75) is 53.4 Å². The first-order valence-corrected chi connectivity index (χ1v) is 33.3. The molecule has 3 heteroatoms. The molecule has 12 aromatic carbocycles. The lowest BCUT2D eigenvalue weighted by atomic mass is 9.66. The summed E-state index contributed by atoms with van der Waals surface area (Å²) in [6.45, 7) is 14.7. The molecule has 3 unspecified atom stereocenters. The smallest absolute Gasteiger partial charge is 0.0476 e. The third-order valence-electron chi connectivity index (χ3n) is 20.8. The lowest BCUT2D eigenvalue weighted by Gasteiger charge is -2.42. The van der Waals surface area contributed by atoms with E-state index in [1.807, 2.05) is 11.3 Å². The maximum Gasteiger partial charge on any atom is 0.0476 e. The number of nitrogens with zero attached hydrogens (tertiary/aromatic N) is 2. The summed E-state index contributed by atoms with van der Waals surface area (Å²) in [5.41, 5.74) is 26.3. The zero-order valence-electron chi connectivity index (χ0n) is 52.4. The van der Waals surface area contributed by atoms with Gasteiger partial charge >= 0.3 is 0 Å². The van der Waals surface area contributed by atoms with Crippen LogP contribution in [0.3, 0.4) is 0 Å². The van der Waals surface area contributed by atoms with Gasteiger partial charge in [0.1, 0.15) is 0 Å². The minimum atomic E-state index is -0.173. The Morgan fingerprint density at radius 2 is 0.901 bits per heavy atom. The maximum atomic E-state index is 2.63. The van der Waals surface area contributed by atoms with E-state index in [2.05, 4.69) is 337 Å². The second-order valence-electron chi connectivity index (χ2n) is 27.0. The molecular formula is C88H70N2S. The zero-order valence-corrected chi connectivity index (χ0v) is 53.2. The van der Waals surface area contributed by atoms with Crippen LogP contribution in [-0.2, 0) is 5.41 Å². The van der Waals surface area contributed by atoms with Crippen LogP contribution in [-0.4, -0.2) is 0 Å². The first-order chi connectivity index (χ1) is 44.4. The number of benzene rings is 12. The first kappa shape index (κ1) is 55.0. The quantitative estimate of drug-likeness (QED) is 0.126. The molecule has 0 radical (unpaired) electrons. The number of hydrogen-bond donors (Lipinski definition) is 0. The fraction of sp³-hybridized carbons (Fsp3) is 0.136. The molecule has 0 spiro atoms. The Kier molecular flexibility index (Phi) is 12.9. The predicted octanol–water partition coefficient (Wildman–Crippen LogP) is 25.0. The number of fused-ring (bicyclic) bond motifs is 13. The maximum absolute atomic E-state index is 2.63. The van der Waals surface area contributed by atoms with Crippen molar-refractivity contribution in [1.29, 1.82) is 0 Å². The molecule has 0 N–H and O–H groups in total. The second-order valence-corrected chi connectivity index (χ2v) is 28.0. The number of allylic oxidation sites excluding steroid dienone is 8. The second kappa shape index (κ2) is 21.3. The summed E-state index contributed by atoms with van der Waals surface area (Å²) in [4.78, 5) is 5.14. The molecule has 0 aliphatic heterocycles. The van der Waals surface area contributed by atoms with Gasteiger partial charge in [-0.25, -0.2) is 0 Å². The van der Waals surface area contributed by atoms with Crippen molar-refractivity contribution in [3.05, 3.63) is 319 Å². The van der Waals surface area contributed by atoms with Gasteiger partial charge in [0.2, 0.25) is 0 Å². The van der Waals surface area contributed by atoms with E-state index in [0.717, 1.165) is 34.9 Å². The molecule has 0 saturated carbocycles. The molecule has 2 nitrogen and oxygen atoms in total. The Morgan fingerprint density at radius 3 is 1.52 bits per heavy atom. The molecule has 91 heavy (non-hydrogen) atoms.